The van der Waals surface area contributed by atoms with E-state index in [1.54, 1.807) is 0 Å². The number of fused-ring (bicyclic) bond motifs is 2. The summed E-state index contributed by atoms with van der Waals surface area (Å²) >= 11 is 0. The topological polar surface area (TPSA) is 9.23 Å². The normalized spacial score (nSPS) is 12.2. The van der Waals surface area contributed by atoms with E-state index in [0.717, 1.165) is 0 Å². The molecular weight excluding hydrogens is 472 g/mol. The first-order chi connectivity index (χ1) is 18.9. The third kappa shape index (κ3) is 4.64. The molecule has 0 aliphatic rings. The van der Waals surface area contributed by atoms with E-state index in [4.69, 9.17) is 4.74 Å². The lowest BCUT2D eigenvalue weighted by Gasteiger charge is -2.39. The van der Waals surface area contributed by atoms with E-state index < -0.39 is 11.2 Å². The Balaban J connectivity index is 1.44. The van der Waals surface area contributed by atoms with Gasteiger partial charge in [-0.25, -0.2) is 0 Å². The van der Waals surface area contributed by atoms with Crippen molar-refractivity contribution in [1.82, 2.24) is 0 Å². The van der Waals surface area contributed by atoms with Crippen LogP contribution in [0.5, 0.6) is 0 Å². The van der Waals surface area contributed by atoms with E-state index in [2.05, 4.69) is 161 Å². The highest BCUT2D eigenvalue weighted by atomic mass is 16.5. The average molecular weight is 507 g/mol. The van der Waals surface area contributed by atoms with Gasteiger partial charge in [0.1, 0.15) is 0 Å². The summed E-state index contributed by atoms with van der Waals surface area (Å²) in [5.41, 5.74) is 6.12. The summed E-state index contributed by atoms with van der Waals surface area (Å²) in [6.07, 6.45) is 0. The summed E-state index contributed by atoms with van der Waals surface area (Å²) in [7, 11) is 0. The Morgan fingerprint density at radius 1 is 0.359 bits per heavy atom. The monoisotopic (exact) mass is 506 g/mol. The van der Waals surface area contributed by atoms with Gasteiger partial charge >= 0.3 is 0 Å². The van der Waals surface area contributed by atoms with E-state index >= 15 is 0 Å². The Morgan fingerprint density at radius 2 is 0.692 bits per heavy atom. The fourth-order valence-electron chi connectivity index (χ4n) is 6.15. The van der Waals surface area contributed by atoms with Gasteiger partial charge in [-0.3, -0.25) is 0 Å². The molecule has 0 atom stereocenters. The van der Waals surface area contributed by atoms with Gasteiger partial charge < -0.3 is 4.74 Å². The second-order valence-electron chi connectivity index (χ2n) is 11.3. The van der Waals surface area contributed by atoms with Crippen molar-refractivity contribution in [2.45, 2.75) is 38.9 Å². The van der Waals surface area contributed by atoms with E-state index in [1.165, 1.54) is 54.9 Å². The number of hydrogen-bond acceptors (Lipinski definition) is 1. The fraction of sp³-hybridized carbons (Fsp3) is 0.158. The van der Waals surface area contributed by atoms with Gasteiger partial charge in [-0.05, 0) is 82.6 Å². The highest BCUT2D eigenvalue weighted by molar-refractivity contribution is 5.98. The molecule has 6 aromatic rings. The molecule has 0 heterocycles. The molecule has 0 aromatic heterocycles. The maximum atomic E-state index is 7.15. The highest BCUT2D eigenvalue weighted by Crippen LogP contribution is 2.44. The van der Waals surface area contributed by atoms with Crippen LogP contribution < -0.4 is 0 Å². The first-order valence-corrected chi connectivity index (χ1v) is 13.7. The summed E-state index contributed by atoms with van der Waals surface area (Å²) in [4.78, 5) is 0. The van der Waals surface area contributed by atoms with Crippen molar-refractivity contribution in [2.75, 3.05) is 0 Å². The van der Waals surface area contributed by atoms with Crippen molar-refractivity contribution in [3.63, 3.8) is 0 Å². The van der Waals surface area contributed by atoms with E-state index in [1.807, 2.05) is 0 Å². The zero-order valence-electron chi connectivity index (χ0n) is 23.1. The van der Waals surface area contributed by atoms with Crippen LogP contribution in [0.15, 0.2) is 133 Å². The van der Waals surface area contributed by atoms with Crippen molar-refractivity contribution < 1.29 is 4.74 Å². The number of ether oxygens (including phenoxy) is 1. The number of benzene rings is 6. The molecule has 6 rings (SSSR count). The van der Waals surface area contributed by atoms with Gasteiger partial charge in [-0.15, -0.1) is 0 Å². The van der Waals surface area contributed by atoms with Crippen LogP contribution in [0.2, 0.25) is 0 Å². The average Bonchev–Trinajstić information content (AvgIpc) is 2.96. The SMILES string of the molecule is CC(C)(OC(C)(C)c1ccccc1-c1cccc2ccccc12)c1ccccc1-c1cccc2ccccc12. The third-order valence-corrected chi connectivity index (χ3v) is 7.82. The van der Waals surface area contributed by atoms with Crippen molar-refractivity contribution >= 4 is 21.5 Å². The smallest absolute Gasteiger partial charge is 0.0893 e. The number of rotatable bonds is 6. The largest absolute Gasteiger partial charge is 0.360 e. The Hall–Kier alpha value is -4.20. The summed E-state index contributed by atoms with van der Waals surface area (Å²) in [6.45, 7) is 8.77. The molecule has 0 aliphatic carbocycles. The standard InChI is InChI=1S/C38H34O/c1-37(2,35-25-11-9-21-33(35)31-23-13-17-27-15-5-7-19-29(27)31)39-38(3,4)36-26-12-10-22-34(36)32-24-14-18-28-16-6-8-20-30(28)32/h5-26H,1-4H3. The zero-order chi connectivity index (χ0) is 27.0. The van der Waals surface area contributed by atoms with Gasteiger partial charge in [0.15, 0.2) is 0 Å². The first-order valence-electron chi connectivity index (χ1n) is 13.7. The zero-order valence-corrected chi connectivity index (χ0v) is 23.1. The Morgan fingerprint density at radius 3 is 1.15 bits per heavy atom. The van der Waals surface area contributed by atoms with Crippen molar-refractivity contribution in [1.29, 1.82) is 0 Å². The van der Waals surface area contributed by atoms with Crippen molar-refractivity contribution in [2.24, 2.45) is 0 Å². The molecule has 192 valence electrons. The molecule has 0 radical (unpaired) electrons. The number of hydrogen-bond donors (Lipinski definition) is 0. The molecule has 0 saturated carbocycles. The molecule has 0 spiro atoms. The summed E-state index contributed by atoms with van der Waals surface area (Å²) < 4.78 is 7.15. The van der Waals surface area contributed by atoms with Crippen LogP contribution in [0.1, 0.15) is 38.8 Å². The second-order valence-corrected chi connectivity index (χ2v) is 11.3. The molecule has 39 heavy (non-hydrogen) atoms. The Kier molecular flexibility index (Phi) is 6.33. The minimum atomic E-state index is -0.553. The first kappa shape index (κ1) is 25.1. The minimum Gasteiger partial charge on any atom is -0.360 e. The Bertz CT molecular complexity index is 1650. The predicted octanol–water partition coefficient (Wildman–Crippen LogP) is 10.5. The van der Waals surface area contributed by atoms with Gasteiger partial charge in [-0.2, -0.15) is 0 Å². The van der Waals surface area contributed by atoms with E-state index in [9.17, 15) is 0 Å². The van der Waals surface area contributed by atoms with Crippen LogP contribution >= 0.6 is 0 Å². The van der Waals surface area contributed by atoms with Gasteiger partial charge in [-0.1, -0.05) is 133 Å². The molecule has 0 bridgehead atoms. The molecule has 0 N–H and O–H groups in total. The second kappa shape index (κ2) is 9.84. The molecule has 0 aliphatic heterocycles. The van der Waals surface area contributed by atoms with Gasteiger partial charge in [0.05, 0.1) is 11.2 Å². The predicted molar refractivity (Wildman–Crippen MR) is 166 cm³/mol. The van der Waals surface area contributed by atoms with Crippen molar-refractivity contribution in [3.05, 3.63) is 145 Å². The summed E-state index contributed by atoms with van der Waals surface area (Å²) in [5, 5.41) is 4.99. The van der Waals surface area contributed by atoms with Crippen LogP contribution in [0.25, 0.3) is 43.8 Å². The fourth-order valence-corrected chi connectivity index (χ4v) is 6.15. The van der Waals surface area contributed by atoms with Crippen LogP contribution in [0, 0.1) is 0 Å². The summed E-state index contributed by atoms with van der Waals surface area (Å²) in [6, 6.07) is 47.6. The van der Waals surface area contributed by atoms with Crippen LogP contribution in [-0.4, -0.2) is 0 Å². The molecule has 0 unspecified atom stereocenters. The van der Waals surface area contributed by atoms with Crippen LogP contribution in [0.3, 0.4) is 0 Å². The molecule has 0 amide bonds. The Labute approximate surface area is 231 Å². The van der Waals surface area contributed by atoms with E-state index in [-0.39, 0.29) is 0 Å². The van der Waals surface area contributed by atoms with Crippen LogP contribution in [0.4, 0.5) is 0 Å². The van der Waals surface area contributed by atoms with Gasteiger partial charge in [0, 0.05) is 0 Å². The highest BCUT2D eigenvalue weighted by Gasteiger charge is 2.35. The maximum Gasteiger partial charge on any atom is 0.0893 e. The molecule has 6 aromatic carbocycles. The minimum absolute atomic E-state index is 0.553. The molecule has 1 nitrogen and oxygen atoms in total. The van der Waals surface area contributed by atoms with Crippen LogP contribution in [-0.2, 0) is 15.9 Å². The third-order valence-electron chi connectivity index (χ3n) is 7.82. The molecule has 0 saturated heterocycles. The molecule has 1 heteroatoms. The lowest BCUT2D eigenvalue weighted by Crippen LogP contribution is -2.34. The van der Waals surface area contributed by atoms with Gasteiger partial charge in [0.25, 0.3) is 0 Å². The molecular formula is C38H34O. The van der Waals surface area contributed by atoms with E-state index in [0.29, 0.717) is 0 Å². The lowest BCUT2D eigenvalue weighted by molar-refractivity contribution is -0.131. The maximum absolute atomic E-state index is 7.15. The quantitative estimate of drug-likeness (QED) is 0.218. The van der Waals surface area contributed by atoms with Gasteiger partial charge in [0.2, 0.25) is 0 Å². The van der Waals surface area contributed by atoms with Crippen molar-refractivity contribution in [3.8, 4) is 22.3 Å². The summed E-state index contributed by atoms with van der Waals surface area (Å²) in [5.74, 6) is 0. The lowest BCUT2D eigenvalue weighted by atomic mass is 9.84. The molecule has 0 fully saturated rings.